The molecule has 0 spiro atoms. The van der Waals surface area contributed by atoms with Crippen LogP contribution in [0.5, 0.6) is 0 Å². The lowest BCUT2D eigenvalue weighted by molar-refractivity contribution is 0.609. The van der Waals surface area contributed by atoms with E-state index in [1.54, 1.807) is 6.07 Å². The first kappa shape index (κ1) is 13.2. The summed E-state index contributed by atoms with van der Waals surface area (Å²) in [6, 6.07) is 3.22. The number of nitrogens with two attached hydrogens (primary N) is 1. The number of benzene rings is 1. The molecule has 0 aliphatic heterocycles. The normalized spacial score (nSPS) is 11.9. The maximum atomic E-state index is 13.4. The average molecular weight is 242 g/mol. The van der Waals surface area contributed by atoms with Gasteiger partial charge in [-0.15, -0.1) is 0 Å². The lowest BCUT2D eigenvalue weighted by Crippen LogP contribution is -2.01. The molecule has 1 rings (SSSR count). The van der Waals surface area contributed by atoms with Gasteiger partial charge in [0.05, 0.1) is 0 Å². The molecular formula is C13H17ClFN. The molecule has 0 saturated carbocycles. The molecule has 88 valence electrons. The zero-order valence-electron chi connectivity index (χ0n) is 9.69. The van der Waals surface area contributed by atoms with Gasteiger partial charge in [0.2, 0.25) is 0 Å². The summed E-state index contributed by atoms with van der Waals surface area (Å²) < 4.78 is 13.4. The molecular weight excluding hydrogens is 225 g/mol. The van der Waals surface area contributed by atoms with Crippen LogP contribution in [-0.2, 0) is 6.54 Å². The molecule has 0 aliphatic carbocycles. The zero-order valence-corrected chi connectivity index (χ0v) is 10.4. The Bertz CT molecular complexity index is 399. The molecule has 3 heteroatoms. The van der Waals surface area contributed by atoms with Crippen LogP contribution in [0.2, 0.25) is 0 Å². The second-order valence-corrected chi connectivity index (χ2v) is 4.21. The molecule has 0 radical (unpaired) electrons. The molecule has 0 saturated heterocycles. The molecule has 0 amide bonds. The van der Waals surface area contributed by atoms with E-state index in [0.29, 0.717) is 10.6 Å². The molecule has 0 aromatic heterocycles. The number of hydrogen-bond acceptors (Lipinski definition) is 1. The van der Waals surface area contributed by atoms with Gasteiger partial charge in [-0.3, -0.25) is 0 Å². The van der Waals surface area contributed by atoms with E-state index in [9.17, 15) is 4.39 Å². The van der Waals surface area contributed by atoms with Gasteiger partial charge in [-0.25, -0.2) is 4.39 Å². The molecule has 0 fully saturated rings. The van der Waals surface area contributed by atoms with Gasteiger partial charge in [-0.05, 0) is 36.6 Å². The van der Waals surface area contributed by atoms with E-state index in [0.717, 1.165) is 24.0 Å². The van der Waals surface area contributed by atoms with Crippen molar-refractivity contribution >= 4 is 16.6 Å². The van der Waals surface area contributed by atoms with Gasteiger partial charge in [0.25, 0.3) is 0 Å². The van der Waals surface area contributed by atoms with Crippen molar-refractivity contribution in [2.24, 2.45) is 5.73 Å². The average Bonchev–Trinajstić information content (AvgIpc) is 2.26. The first-order chi connectivity index (χ1) is 7.60. The van der Waals surface area contributed by atoms with Crippen molar-refractivity contribution in [3.8, 4) is 0 Å². The van der Waals surface area contributed by atoms with Crippen molar-refractivity contribution in [1.82, 2.24) is 0 Å². The Morgan fingerprint density at radius 3 is 2.75 bits per heavy atom. The fourth-order valence-electron chi connectivity index (χ4n) is 1.51. The van der Waals surface area contributed by atoms with Crippen molar-refractivity contribution in [2.75, 3.05) is 0 Å². The Morgan fingerprint density at radius 2 is 2.19 bits per heavy atom. The zero-order chi connectivity index (χ0) is 12.1. The van der Waals surface area contributed by atoms with Gasteiger partial charge in [0.1, 0.15) is 5.82 Å². The van der Waals surface area contributed by atoms with Crippen molar-refractivity contribution in [3.63, 3.8) is 0 Å². The van der Waals surface area contributed by atoms with Crippen molar-refractivity contribution in [3.05, 3.63) is 40.7 Å². The molecule has 0 heterocycles. The third-order valence-corrected chi connectivity index (χ3v) is 2.84. The van der Waals surface area contributed by atoms with Gasteiger partial charge in [0.15, 0.2) is 0 Å². The van der Waals surface area contributed by atoms with Crippen LogP contribution in [0.3, 0.4) is 0 Å². The molecule has 16 heavy (non-hydrogen) atoms. The van der Waals surface area contributed by atoms with E-state index in [2.05, 4.69) is 6.92 Å². The summed E-state index contributed by atoms with van der Waals surface area (Å²) in [6.45, 7) is 4.13. The number of halogens is 2. The second-order valence-electron chi connectivity index (χ2n) is 3.80. The molecule has 0 aliphatic rings. The van der Waals surface area contributed by atoms with Crippen LogP contribution < -0.4 is 5.73 Å². The number of allylic oxidation sites excluding steroid dienone is 1. The van der Waals surface area contributed by atoms with Crippen LogP contribution in [0.25, 0.3) is 5.03 Å². The number of aryl methyl sites for hydroxylation is 1. The first-order valence-corrected chi connectivity index (χ1v) is 5.83. The Labute approximate surface area is 101 Å². The summed E-state index contributed by atoms with van der Waals surface area (Å²) in [4.78, 5) is 0. The van der Waals surface area contributed by atoms with E-state index < -0.39 is 0 Å². The molecule has 1 aromatic rings. The predicted octanol–water partition coefficient (Wildman–Crippen LogP) is 3.97. The Hall–Kier alpha value is -0.860. The van der Waals surface area contributed by atoms with Crippen LogP contribution in [0.1, 0.15) is 36.5 Å². The molecule has 1 nitrogen and oxygen atoms in total. The fourth-order valence-corrected chi connectivity index (χ4v) is 1.82. The third kappa shape index (κ3) is 3.06. The Balaban J connectivity index is 3.13. The summed E-state index contributed by atoms with van der Waals surface area (Å²) in [6.07, 6.45) is 3.93. The van der Waals surface area contributed by atoms with Crippen LogP contribution in [-0.4, -0.2) is 0 Å². The Morgan fingerprint density at radius 1 is 1.50 bits per heavy atom. The van der Waals surface area contributed by atoms with Gasteiger partial charge in [-0.2, -0.15) is 0 Å². The quantitative estimate of drug-likeness (QED) is 0.848. The van der Waals surface area contributed by atoms with Crippen molar-refractivity contribution in [1.29, 1.82) is 0 Å². The van der Waals surface area contributed by atoms with Crippen molar-refractivity contribution < 1.29 is 4.39 Å². The smallest absolute Gasteiger partial charge is 0.127 e. The summed E-state index contributed by atoms with van der Waals surface area (Å²) in [5.41, 5.74) is 7.68. The lowest BCUT2D eigenvalue weighted by Gasteiger charge is -2.08. The van der Waals surface area contributed by atoms with Gasteiger partial charge in [-0.1, -0.05) is 31.0 Å². The number of rotatable bonds is 4. The summed E-state index contributed by atoms with van der Waals surface area (Å²) in [5, 5.41) is 0.675. The van der Waals surface area contributed by atoms with Gasteiger partial charge >= 0.3 is 0 Å². The predicted molar refractivity (Wildman–Crippen MR) is 67.8 cm³/mol. The van der Waals surface area contributed by atoms with Crippen molar-refractivity contribution in [2.45, 2.75) is 33.2 Å². The van der Waals surface area contributed by atoms with Gasteiger partial charge < -0.3 is 5.73 Å². The summed E-state index contributed by atoms with van der Waals surface area (Å²) in [7, 11) is 0. The summed E-state index contributed by atoms with van der Waals surface area (Å²) >= 11 is 6.17. The fraction of sp³-hybridized carbons (Fsp3) is 0.385. The molecule has 2 N–H and O–H groups in total. The molecule has 0 bridgehead atoms. The van der Waals surface area contributed by atoms with E-state index in [1.807, 2.05) is 13.0 Å². The van der Waals surface area contributed by atoms with E-state index in [-0.39, 0.29) is 12.4 Å². The monoisotopic (exact) mass is 241 g/mol. The van der Waals surface area contributed by atoms with Crippen LogP contribution in [0.4, 0.5) is 4.39 Å². The standard InChI is InChI=1S/C13H17ClFN/c1-3-4-5-12(14)11-7-10(8-16)13(15)6-9(11)2/h5-7H,3-4,8,16H2,1-2H3. The lowest BCUT2D eigenvalue weighted by atomic mass is 10.0. The second kappa shape index (κ2) is 6.02. The van der Waals surface area contributed by atoms with Crippen LogP contribution in [0.15, 0.2) is 18.2 Å². The van der Waals surface area contributed by atoms with Gasteiger partial charge in [0, 0.05) is 17.1 Å². The van der Waals surface area contributed by atoms with E-state index in [1.165, 1.54) is 6.07 Å². The largest absolute Gasteiger partial charge is 0.326 e. The minimum Gasteiger partial charge on any atom is -0.326 e. The maximum Gasteiger partial charge on any atom is 0.127 e. The first-order valence-electron chi connectivity index (χ1n) is 5.45. The minimum atomic E-state index is -0.260. The highest BCUT2D eigenvalue weighted by Crippen LogP contribution is 2.26. The highest BCUT2D eigenvalue weighted by atomic mass is 35.5. The van der Waals surface area contributed by atoms with Crippen LogP contribution in [0, 0.1) is 12.7 Å². The third-order valence-electron chi connectivity index (χ3n) is 2.48. The molecule has 0 atom stereocenters. The SMILES string of the molecule is CCCC=C(Cl)c1cc(CN)c(F)cc1C. The summed E-state index contributed by atoms with van der Waals surface area (Å²) in [5.74, 6) is -0.260. The molecule has 0 unspecified atom stereocenters. The van der Waals surface area contributed by atoms with E-state index in [4.69, 9.17) is 17.3 Å². The van der Waals surface area contributed by atoms with E-state index >= 15 is 0 Å². The Kier molecular flexibility index (Phi) is 4.97. The highest BCUT2D eigenvalue weighted by Gasteiger charge is 2.08. The highest BCUT2D eigenvalue weighted by molar-refractivity contribution is 6.48. The number of unbranched alkanes of at least 4 members (excludes halogenated alkanes) is 1. The maximum absolute atomic E-state index is 13.4. The van der Waals surface area contributed by atoms with Crippen LogP contribution >= 0.6 is 11.6 Å². The topological polar surface area (TPSA) is 26.0 Å². The molecule has 1 aromatic carbocycles. The number of hydrogen-bond donors (Lipinski definition) is 1. The minimum absolute atomic E-state index is 0.192.